The molecule has 0 saturated carbocycles. The first-order chi connectivity index (χ1) is 17.7. The van der Waals surface area contributed by atoms with Crippen molar-refractivity contribution in [2.75, 3.05) is 0 Å². The van der Waals surface area contributed by atoms with E-state index in [1.54, 1.807) is 35.9 Å². The van der Waals surface area contributed by atoms with Gasteiger partial charge in [-0.2, -0.15) is 0 Å². The zero-order valence-corrected chi connectivity index (χ0v) is 22.0. The number of hydrogen-bond donors (Lipinski definition) is 2. The average molecular weight is 512 g/mol. The Labute approximate surface area is 220 Å². The maximum absolute atomic E-state index is 14.4. The molecule has 0 amide bonds. The van der Waals surface area contributed by atoms with Gasteiger partial charge in [0.1, 0.15) is 5.82 Å². The van der Waals surface area contributed by atoms with E-state index in [4.69, 9.17) is 21.4 Å². The molecule has 0 bridgehead atoms. The predicted octanol–water partition coefficient (Wildman–Crippen LogP) is 6.43. The van der Waals surface area contributed by atoms with Gasteiger partial charge in [0.15, 0.2) is 5.82 Å². The van der Waals surface area contributed by atoms with Crippen LogP contribution in [0.2, 0.25) is 0 Å². The van der Waals surface area contributed by atoms with Gasteiger partial charge >= 0.3 is 0 Å². The number of thiophene rings is 1. The lowest BCUT2D eigenvalue weighted by atomic mass is 9.88. The molecule has 0 saturated heterocycles. The normalized spacial score (nSPS) is 13.6. The van der Waals surface area contributed by atoms with Gasteiger partial charge in [0.05, 0.1) is 22.0 Å². The molecule has 0 aliphatic rings. The summed E-state index contributed by atoms with van der Waals surface area (Å²) in [6, 6.07) is 19.6. The van der Waals surface area contributed by atoms with Crippen molar-refractivity contribution in [1.29, 1.82) is 0 Å². The van der Waals surface area contributed by atoms with Gasteiger partial charge in [-0.15, -0.1) is 11.3 Å². The van der Waals surface area contributed by atoms with Crippen LogP contribution in [0.15, 0.2) is 79.1 Å². The molecule has 0 fully saturated rings. The van der Waals surface area contributed by atoms with Crippen LogP contribution in [0.4, 0.5) is 4.39 Å². The van der Waals surface area contributed by atoms with E-state index < -0.39 is 6.04 Å². The van der Waals surface area contributed by atoms with Crippen molar-refractivity contribution in [3.05, 3.63) is 101 Å². The lowest BCUT2D eigenvalue weighted by Crippen LogP contribution is -2.36. The number of nitrogens with two attached hydrogens (primary N) is 2. The molecule has 2 unspecified atom stereocenters. The first-order valence-corrected chi connectivity index (χ1v) is 13.1. The SMILES string of the molecule is CC(C)(C)c1sc2c(C(N)C(N)Cc3ccccc3)nc(-c3ccncc3)nc2c1-c1cccc(F)c1. The van der Waals surface area contributed by atoms with Crippen LogP contribution in [0.25, 0.3) is 32.7 Å². The fourth-order valence-corrected chi connectivity index (χ4v) is 5.87. The van der Waals surface area contributed by atoms with Crippen LogP contribution in [0, 0.1) is 5.82 Å². The van der Waals surface area contributed by atoms with E-state index in [1.807, 2.05) is 36.4 Å². The van der Waals surface area contributed by atoms with Gasteiger partial charge in [-0.05, 0) is 47.2 Å². The first-order valence-electron chi connectivity index (χ1n) is 12.3. The van der Waals surface area contributed by atoms with Crippen molar-refractivity contribution < 1.29 is 4.39 Å². The second-order valence-electron chi connectivity index (χ2n) is 10.3. The number of aromatic nitrogens is 3. The van der Waals surface area contributed by atoms with Crippen molar-refractivity contribution in [2.24, 2.45) is 11.5 Å². The molecule has 2 aromatic carbocycles. The van der Waals surface area contributed by atoms with Gasteiger partial charge < -0.3 is 11.5 Å². The number of benzene rings is 2. The average Bonchev–Trinajstić information content (AvgIpc) is 3.29. The summed E-state index contributed by atoms with van der Waals surface area (Å²) in [6.45, 7) is 6.45. The van der Waals surface area contributed by atoms with E-state index in [1.165, 1.54) is 6.07 Å². The molecule has 5 nitrogen and oxygen atoms in total. The van der Waals surface area contributed by atoms with E-state index in [9.17, 15) is 4.39 Å². The molecule has 7 heteroatoms. The molecular weight excluding hydrogens is 481 g/mol. The number of fused-ring (bicyclic) bond motifs is 1. The Balaban J connectivity index is 1.76. The van der Waals surface area contributed by atoms with Crippen molar-refractivity contribution in [3.63, 3.8) is 0 Å². The Morgan fingerprint density at radius 1 is 0.892 bits per heavy atom. The highest BCUT2D eigenvalue weighted by Crippen LogP contribution is 2.46. The van der Waals surface area contributed by atoms with Gasteiger partial charge in [-0.3, -0.25) is 4.98 Å². The second-order valence-corrected chi connectivity index (χ2v) is 11.3. The van der Waals surface area contributed by atoms with Gasteiger partial charge in [0.25, 0.3) is 0 Å². The summed E-state index contributed by atoms with van der Waals surface area (Å²) in [7, 11) is 0. The fraction of sp³-hybridized carbons (Fsp3) is 0.233. The molecule has 0 aliphatic carbocycles. The molecule has 3 heterocycles. The van der Waals surface area contributed by atoms with E-state index in [-0.39, 0.29) is 17.3 Å². The highest BCUT2D eigenvalue weighted by Gasteiger charge is 2.30. The highest BCUT2D eigenvalue weighted by molar-refractivity contribution is 7.20. The van der Waals surface area contributed by atoms with Crippen molar-refractivity contribution in [2.45, 2.75) is 44.7 Å². The predicted molar refractivity (Wildman–Crippen MR) is 150 cm³/mol. The van der Waals surface area contributed by atoms with Crippen LogP contribution >= 0.6 is 11.3 Å². The molecular formula is C30H30FN5S. The van der Waals surface area contributed by atoms with Crippen molar-refractivity contribution in [1.82, 2.24) is 15.0 Å². The van der Waals surface area contributed by atoms with E-state index in [0.29, 0.717) is 17.9 Å². The molecule has 0 aliphatic heterocycles. The van der Waals surface area contributed by atoms with E-state index in [0.717, 1.165) is 37.3 Å². The topological polar surface area (TPSA) is 90.7 Å². The Bertz CT molecular complexity index is 1530. The summed E-state index contributed by atoms with van der Waals surface area (Å²) in [5.74, 6) is 0.255. The van der Waals surface area contributed by atoms with Crippen LogP contribution in [0.3, 0.4) is 0 Å². The number of hydrogen-bond acceptors (Lipinski definition) is 6. The molecule has 37 heavy (non-hydrogen) atoms. The lowest BCUT2D eigenvalue weighted by Gasteiger charge is -2.21. The molecule has 0 radical (unpaired) electrons. The molecule has 2 atom stereocenters. The third-order valence-corrected chi connectivity index (χ3v) is 8.01. The monoisotopic (exact) mass is 511 g/mol. The van der Waals surface area contributed by atoms with Crippen LogP contribution in [-0.2, 0) is 11.8 Å². The minimum atomic E-state index is -0.530. The number of nitrogens with zero attached hydrogens (tertiary/aromatic N) is 3. The minimum Gasteiger partial charge on any atom is -0.326 e. The Morgan fingerprint density at radius 3 is 2.30 bits per heavy atom. The van der Waals surface area contributed by atoms with Crippen LogP contribution < -0.4 is 11.5 Å². The highest BCUT2D eigenvalue weighted by atomic mass is 32.1. The Kier molecular flexibility index (Phi) is 6.86. The van der Waals surface area contributed by atoms with Gasteiger partial charge in [0.2, 0.25) is 0 Å². The number of pyridine rings is 1. The summed E-state index contributed by atoms with van der Waals surface area (Å²) < 4.78 is 15.3. The molecule has 188 valence electrons. The smallest absolute Gasteiger partial charge is 0.160 e. The maximum Gasteiger partial charge on any atom is 0.160 e. The number of rotatable bonds is 6. The molecule has 4 N–H and O–H groups in total. The molecule has 5 rings (SSSR count). The maximum atomic E-state index is 14.4. The molecule has 3 aromatic heterocycles. The van der Waals surface area contributed by atoms with Crippen LogP contribution in [0.5, 0.6) is 0 Å². The zero-order valence-electron chi connectivity index (χ0n) is 21.1. The summed E-state index contributed by atoms with van der Waals surface area (Å²) >= 11 is 1.62. The van der Waals surface area contributed by atoms with Crippen molar-refractivity contribution in [3.8, 4) is 22.5 Å². The molecule has 5 aromatic rings. The summed E-state index contributed by atoms with van der Waals surface area (Å²) in [4.78, 5) is 15.2. The summed E-state index contributed by atoms with van der Waals surface area (Å²) in [6.07, 6.45) is 4.04. The van der Waals surface area contributed by atoms with E-state index >= 15 is 0 Å². The standard InChI is InChI=1S/C30H30FN5S/c1-30(2,3)28-23(20-10-7-11-21(31)17-20)25-27(37-28)26(36-29(35-25)19-12-14-34-15-13-19)24(33)22(32)16-18-8-5-4-6-9-18/h4-15,17,22,24H,16,32-33H2,1-3H3. The van der Waals surface area contributed by atoms with Crippen LogP contribution in [-0.4, -0.2) is 21.0 Å². The minimum absolute atomic E-state index is 0.211. The summed E-state index contributed by atoms with van der Waals surface area (Å²) in [5.41, 5.74) is 18.4. The Morgan fingerprint density at radius 2 is 1.62 bits per heavy atom. The first kappa shape index (κ1) is 25.1. The largest absolute Gasteiger partial charge is 0.326 e. The third-order valence-electron chi connectivity index (χ3n) is 6.38. The van der Waals surface area contributed by atoms with Gasteiger partial charge in [0, 0.05) is 34.4 Å². The van der Waals surface area contributed by atoms with Gasteiger partial charge in [-0.1, -0.05) is 63.2 Å². The zero-order chi connectivity index (χ0) is 26.2. The number of halogens is 1. The fourth-order valence-electron chi connectivity index (χ4n) is 4.51. The Hall–Kier alpha value is -3.52. The summed E-state index contributed by atoms with van der Waals surface area (Å²) in [5, 5.41) is 0. The quantitative estimate of drug-likeness (QED) is 0.274. The van der Waals surface area contributed by atoms with Crippen LogP contribution in [0.1, 0.15) is 42.9 Å². The van der Waals surface area contributed by atoms with Crippen molar-refractivity contribution >= 4 is 21.6 Å². The lowest BCUT2D eigenvalue weighted by molar-refractivity contribution is 0.537. The van der Waals surface area contributed by atoms with Gasteiger partial charge in [-0.25, -0.2) is 14.4 Å². The second kappa shape index (κ2) is 10.1. The molecule has 0 spiro atoms. The third kappa shape index (κ3) is 5.16. The van der Waals surface area contributed by atoms with E-state index in [2.05, 4.69) is 37.9 Å².